The second-order valence-corrected chi connectivity index (χ2v) is 7.36. The van der Waals surface area contributed by atoms with E-state index in [-0.39, 0.29) is 29.8 Å². The highest BCUT2D eigenvalue weighted by molar-refractivity contribution is 5.84. The summed E-state index contributed by atoms with van der Waals surface area (Å²) in [6.45, 7) is 1.91. The minimum Gasteiger partial charge on any atom is -0.484 e. The molecular formula is C21H23N3O3. The van der Waals surface area contributed by atoms with E-state index in [1.807, 2.05) is 47.4 Å². The van der Waals surface area contributed by atoms with E-state index in [0.717, 1.165) is 18.4 Å². The number of likely N-dealkylation sites (tertiary alicyclic amines) is 1. The Morgan fingerprint density at radius 1 is 1.19 bits per heavy atom. The minimum absolute atomic E-state index is 0.00665. The summed E-state index contributed by atoms with van der Waals surface area (Å²) in [5.74, 6) is 0.770. The summed E-state index contributed by atoms with van der Waals surface area (Å²) in [4.78, 5) is 30.7. The first-order valence-electron chi connectivity index (χ1n) is 9.29. The predicted octanol–water partition coefficient (Wildman–Crippen LogP) is 2.02. The summed E-state index contributed by atoms with van der Waals surface area (Å²) in [6, 6.07) is 13.1. The van der Waals surface area contributed by atoms with Crippen LogP contribution in [0.3, 0.4) is 0 Å². The molecule has 1 aromatic heterocycles. The van der Waals surface area contributed by atoms with E-state index in [0.29, 0.717) is 25.4 Å². The quantitative estimate of drug-likeness (QED) is 0.850. The summed E-state index contributed by atoms with van der Waals surface area (Å²) in [5.41, 5.74) is 0.999. The first kappa shape index (κ1) is 17.5. The van der Waals surface area contributed by atoms with Gasteiger partial charge in [-0.25, -0.2) is 0 Å². The van der Waals surface area contributed by atoms with Gasteiger partial charge in [0.25, 0.3) is 5.91 Å². The molecule has 0 bridgehead atoms. The van der Waals surface area contributed by atoms with E-state index in [1.54, 1.807) is 12.4 Å². The molecule has 2 fully saturated rings. The second kappa shape index (κ2) is 7.39. The number of nitrogens with one attached hydrogen (secondary N) is 1. The molecule has 1 aromatic carbocycles. The van der Waals surface area contributed by atoms with Crippen molar-refractivity contribution in [1.29, 1.82) is 0 Å². The highest BCUT2D eigenvalue weighted by Crippen LogP contribution is 2.58. The Morgan fingerprint density at radius 2 is 1.96 bits per heavy atom. The van der Waals surface area contributed by atoms with Crippen LogP contribution in [0.4, 0.5) is 0 Å². The van der Waals surface area contributed by atoms with Crippen molar-refractivity contribution in [3.8, 4) is 5.75 Å². The fourth-order valence-corrected chi connectivity index (χ4v) is 3.84. The Morgan fingerprint density at radius 3 is 2.74 bits per heavy atom. The number of hydrogen-bond donors (Lipinski definition) is 1. The molecule has 1 spiro atoms. The molecule has 140 valence electrons. The van der Waals surface area contributed by atoms with Crippen LogP contribution < -0.4 is 10.1 Å². The maximum Gasteiger partial charge on any atom is 0.260 e. The molecule has 6 nitrogen and oxygen atoms in total. The highest BCUT2D eigenvalue weighted by atomic mass is 16.5. The lowest BCUT2D eigenvalue weighted by Gasteiger charge is -2.17. The van der Waals surface area contributed by atoms with Crippen LogP contribution in [-0.4, -0.2) is 41.4 Å². The number of amides is 2. The predicted molar refractivity (Wildman–Crippen MR) is 99.8 cm³/mol. The molecular weight excluding hydrogens is 342 g/mol. The third-order valence-corrected chi connectivity index (χ3v) is 5.57. The van der Waals surface area contributed by atoms with E-state index < -0.39 is 0 Å². The van der Waals surface area contributed by atoms with Gasteiger partial charge in [0.1, 0.15) is 5.75 Å². The van der Waals surface area contributed by atoms with Gasteiger partial charge in [-0.2, -0.15) is 0 Å². The van der Waals surface area contributed by atoms with Crippen molar-refractivity contribution in [1.82, 2.24) is 15.2 Å². The van der Waals surface area contributed by atoms with Crippen LogP contribution in [0.1, 0.15) is 18.4 Å². The molecule has 27 heavy (non-hydrogen) atoms. The number of carbonyl (C=O) groups is 2. The van der Waals surface area contributed by atoms with Gasteiger partial charge < -0.3 is 15.0 Å². The molecule has 2 aliphatic rings. The fraction of sp³-hybridized carbons (Fsp3) is 0.381. The van der Waals surface area contributed by atoms with Crippen LogP contribution in [0.2, 0.25) is 0 Å². The molecule has 2 aromatic rings. The molecule has 1 aliphatic heterocycles. The maximum absolute atomic E-state index is 12.5. The molecule has 2 unspecified atom stereocenters. The lowest BCUT2D eigenvalue weighted by Crippen LogP contribution is -2.34. The normalized spacial score (nSPS) is 23.3. The molecule has 2 amide bonds. The lowest BCUT2D eigenvalue weighted by molar-refractivity contribution is -0.132. The summed E-state index contributed by atoms with van der Waals surface area (Å²) in [7, 11) is 0. The summed E-state index contributed by atoms with van der Waals surface area (Å²) < 4.78 is 5.56. The van der Waals surface area contributed by atoms with Gasteiger partial charge in [-0.3, -0.25) is 14.6 Å². The smallest absolute Gasteiger partial charge is 0.260 e. The zero-order valence-electron chi connectivity index (χ0n) is 15.1. The van der Waals surface area contributed by atoms with Crippen molar-refractivity contribution >= 4 is 11.8 Å². The van der Waals surface area contributed by atoms with Crippen molar-refractivity contribution in [3.63, 3.8) is 0 Å². The van der Waals surface area contributed by atoms with Gasteiger partial charge in [-0.1, -0.05) is 18.2 Å². The summed E-state index contributed by atoms with van der Waals surface area (Å²) in [6.07, 6.45) is 5.19. The average Bonchev–Trinajstić information content (AvgIpc) is 3.25. The molecule has 1 aliphatic carbocycles. The van der Waals surface area contributed by atoms with E-state index in [4.69, 9.17) is 4.74 Å². The number of rotatable bonds is 6. The number of carbonyl (C=O) groups excluding carboxylic acids is 2. The molecule has 1 N–H and O–H groups in total. The number of nitrogens with zero attached hydrogens (tertiary/aromatic N) is 2. The fourth-order valence-electron chi connectivity index (χ4n) is 3.84. The van der Waals surface area contributed by atoms with Gasteiger partial charge >= 0.3 is 0 Å². The number of hydrogen-bond acceptors (Lipinski definition) is 4. The number of benzene rings is 1. The molecule has 0 radical (unpaired) electrons. The van der Waals surface area contributed by atoms with Crippen LogP contribution in [-0.2, 0) is 16.1 Å². The minimum atomic E-state index is -0.0370. The standard InChI is InChI=1S/C21H23N3O3/c25-19(14-27-17-4-2-1-3-5-17)24-11-8-21(15-24)12-18(21)20(26)23-13-16-6-9-22-10-7-16/h1-7,9-10,18H,8,11-15H2,(H,23,26). The number of ether oxygens (including phenoxy) is 1. The van der Waals surface area contributed by atoms with Crippen molar-refractivity contribution < 1.29 is 14.3 Å². The molecule has 1 saturated carbocycles. The third kappa shape index (κ3) is 3.94. The third-order valence-electron chi connectivity index (χ3n) is 5.57. The Balaban J connectivity index is 1.24. The summed E-state index contributed by atoms with van der Waals surface area (Å²) >= 11 is 0. The van der Waals surface area contributed by atoms with Gasteiger partial charge in [0.05, 0.1) is 0 Å². The van der Waals surface area contributed by atoms with Gasteiger partial charge in [0, 0.05) is 43.4 Å². The maximum atomic E-state index is 12.5. The average molecular weight is 365 g/mol. The van der Waals surface area contributed by atoms with E-state index in [9.17, 15) is 9.59 Å². The lowest BCUT2D eigenvalue weighted by atomic mass is 10.0. The van der Waals surface area contributed by atoms with Crippen LogP contribution in [0.5, 0.6) is 5.75 Å². The SMILES string of the molecule is O=C(NCc1ccncc1)C1CC12CCN(C(=O)COc1ccccc1)C2. The van der Waals surface area contributed by atoms with Crippen molar-refractivity contribution in [2.45, 2.75) is 19.4 Å². The molecule has 4 rings (SSSR count). The molecule has 2 atom stereocenters. The Bertz CT molecular complexity index is 756. The monoisotopic (exact) mass is 365 g/mol. The first-order chi connectivity index (χ1) is 13.2. The zero-order chi connectivity index (χ0) is 18.7. The Kier molecular flexibility index (Phi) is 4.79. The van der Waals surface area contributed by atoms with Crippen LogP contribution in [0.25, 0.3) is 0 Å². The van der Waals surface area contributed by atoms with Crippen LogP contribution in [0.15, 0.2) is 54.9 Å². The van der Waals surface area contributed by atoms with E-state index in [2.05, 4.69) is 10.3 Å². The zero-order valence-corrected chi connectivity index (χ0v) is 15.1. The largest absolute Gasteiger partial charge is 0.484 e. The van der Waals surface area contributed by atoms with Gasteiger partial charge in [0.15, 0.2) is 6.61 Å². The first-order valence-corrected chi connectivity index (χ1v) is 9.29. The van der Waals surface area contributed by atoms with E-state index in [1.165, 1.54) is 0 Å². The van der Waals surface area contributed by atoms with Crippen molar-refractivity contribution in [3.05, 3.63) is 60.4 Å². The number of aromatic nitrogens is 1. The molecule has 2 heterocycles. The number of para-hydroxylation sites is 1. The number of pyridine rings is 1. The van der Waals surface area contributed by atoms with Crippen molar-refractivity contribution in [2.75, 3.05) is 19.7 Å². The van der Waals surface area contributed by atoms with E-state index >= 15 is 0 Å². The topological polar surface area (TPSA) is 71.5 Å². The molecule has 6 heteroatoms. The van der Waals surface area contributed by atoms with Gasteiger partial charge in [0.2, 0.25) is 5.91 Å². The van der Waals surface area contributed by atoms with Crippen molar-refractivity contribution in [2.24, 2.45) is 11.3 Å². The van der Waals surface area contributed by atoms with Gasteiger partial charge in [-0.05, 0) is 42.7 Å². The second-order valence-electron chi connectivity index (χ2n) is 7.36. The van der Waals surface area contributed by atoms with Crippen LogP contribution in [0, 0.1) is 11.3 Å². The van der Waals surface area contributed by atoms with Gasteiger partial charge in [-0.15, -0.1) is 0 Å². The summed E-state index contributed by atoms with van der Waals surface area (Å²) in [5, 5.41) is 3.01. The Hall–Kier alpha value is -2.89. The highest BCUT2D eigenvalue weighted by Gasteiger charge is 2.61. The van der Waals surface area contributed by atoms with Crippen LogP contribution >= 0.6 is 0 Å². The Labute approximate surface area is 158 Å². The molecule has 1 saturated heterocycles.